The second-order valence-electron chi connectivity index (χ2n) is 10.6. The van der Waals surface area contributed by atoms with E-state index >= 15 is 0 Å². The fourth-order valence-electron chi connectivity index (χ4n) is 4.13. The highest BCUT2D eigenvalue weighted by Gasteiger charge is 2.40. The summed E-state index contributed by atoms with van der Waals surface area (Å²) in [7, 11) is 0.326. The molecule has 3 rings (SSSR count). The maximum Gasteiger partial charge on any atom is 0.227 e. The summed E-state index contributed by atoms with van der Waals surface area (Å²) in [4.78, 5) is 16.4. The van der Waals surface area contributed by atoms with Crippen molar-refractivity contribution in [1.29, 1.82) is 0 Å². The minimum atomic E-state index is -1.51. The van der Waals surface area contributed by atoms with E-state index < -0.39 is 10.3 Å². The molecule has 0 aliphatic carbocycles. The van der Waals surface area contributed by atoms with Crippen molar-refractivity contribution in [3.63, 3.8) is 0 Å². The van der Waals surface area contributed by atoms with Crippen LogP contribution < -0.4 is 5.32 Å². The van der Waals surface area contributed by atoms with Gasteiger partial charge in [-0.25, -0.2) is 0 Å². The molecule has 33 heavy (non-hydrogen) atoms. The molecule has 1 aliphatic rings. The van der Waals surface area contributed by atoms with Gasteiger partial charge >= 0.3 is 0 Å². The van der Waals surface area contributed by atoms with Gasteiger partial charge in [0.05, 0.1) is 6.42 Å². The van der Waals surface area contributed by atoms with Crippen molar-refractivity contribution in [3.05, 3.63) is 67.1 Å². The SMILES string of the molecule is COS(c1ccccc1)(c1ccccc1)C(C)(C)C.C[C@@H]1CNCCN1C(=O)[CH]C(C)(C)C.[HH]. The van der Waals surface area contributed by atoms with Crippen molar-refractivity contribution in [3.8, 4) is 0 Å². The van der Waals surface area contributed by atoms with Gasteiger partial charge in [-0.05, 0) is 57.4 Å². The van der Waals surface area contributed by atoms with E-state index in [9.17, 15) is 4.79 Å². The van der Waals surface area contributed by atoms with Gasteiger partial charge in [-0.15, -0.1) is 0 Å². The quantitative estimate of drug-likeness (QED) is 0.546. The molecular formula is C28H45N2O2S. The van der Waals surface area contributed by atoms with Crippen molar-refractivity contribution in [2.45, 2.75) is 69.0 Å². The summed E-state index contributed by atoms with van der Waals surface area (Å²) < 4.78 is 6.19. The van der Waals surface area contributed by atoms with Crippen LogP contribution in [-0.4, -0.2) is 48.3 Å². The number of nitrogens with zero attached hydrogens (tertiary/aromatic N) is 1. The minimum Gasteiger partial charge on any atom is -0.337 e. The van der Waals surface area contributed by atoms with Gasteiger partial charge in [-0.3, -0.25) is 4.79 Å². The van der Waals surface area contributed by atoms with Gasteiger partial charge in [0.2, 0.25) is 5.91 Å². The number of amides is 1. The Kier molecular flexibility index (Phi) is 9.59. The third-order valence-electron chi connectivity index (χ3n) is 5.60. The zero-order valence-corrected chi connectivity index (χ0v) is 22.5. The Balaban J connectivity index is 0.000000346. The molecule has 4 nitrogen and oxygen atoms in total. The van der Waals surface area contributed by atoms with Crippen LogP contribution in [0.1, 0.15) is 49.9 Å². The molecule has 1 aliphatic heterocycles. The van der Waals surface area contributed by atoms with Crippen LogP contribution in [0.3, 0.4) is 0 Å². The normalized spacial score (nSPS) is 17.7. The van der Waals surface area contributed by atoms with E-state index in [1.165, 1.54) is 9.79 Å². The van der Waals surface area contributed by atoms with E-state index in [4.69, 9.17) is 4.18 Å². The first kappa shape index (κ1) is 27.4. The molecule has 185 valence electrons. The average Bonchev–Trinajstić information content (AvgIpc) is 2.75. The van der Waals surface area contributed by atoms with E-state index in [2.05, 4.69) is 114 Å². The van der Waals surface area contributed by atoms with Crippen molar-refractivity contribution >= 4 is 16.2 Å². The lowest BCUT2D eigenvalue weighted by Gasteiger charge is -2.49. The van der Waals surface area contributed by atoms with Gasteiger partial charge in [-0.1, -0.05) is 67.5 Å². The Morgan fingerprint density at radius 1 is 1.00 bits per heavy atom. The summed E-state index contributed by atoms with van der Waals surface area (Å²) in [6, 6.07) is 21.5. The van der Waals surface area contributed by atoms with Crippen LogP contribution in [0.2, 0.25) is 0 Å². The standard InChI is InChI=1S/C17H22OS.C11H21N2O.H2/c1-17(2,3)19(18-4,15-11-7-5-8-12-15)16-13-9-6-10-14-16;1-9-8-12-5-6-13(9)10(14)7-11(2,3)4;/h5-14H,1-4H3;7,9,12H,5-6,8H2,1-4H3;1H/t;9-;/m.1./s1. The van der Waals surface area contributed by atoms with Crippen LogP contribution in [0.25, 0.3) is 0 Å². The Hall–Kier alpha value is -1.82. The molecular weight excluding hydrogens is 428 g/mol. The second-order valence-corrected chi connectivity index (χ2v) is 14.2. The fourth-order valence-corrected chi connectivity index (χ4v) is 7.78. The van der Waals surface area contributed by atoms with Gasteiger partial charge in [0.25, 0.3) is 0 Å². The van der Waals surface area contributed by atoms with E-state index in [0.29, 0.717) is 6.04 Å². The van der Waals surface area contributed by atoms with Crippen LogP contribution in [-0.2, 0) is 8.98 Å². The Morgan fingerprint density at radius 2 is 1.48 bits per heavy atom. The van der Waals surface area contributed by atoms with Gasteiger partial charge in [-0.2, -0.15) is 0 Å². The molecule has 1 radical (unpaired) electrons. The molecule has 1 N–H and O–H groups in total. The summed E-state index contributed by atoms with van der Waals surface area (Å²) in [6.45, 7) is 17.7. The van der Waals surface area contributed by atoms with Crippen LogP contribution in [0, 0.1) is 11.8 Å². The molecule has 1 fully saturated rings. The maximum atomic E-state index is 11.9. The summed E-state index contributed by atoms with van der Waals surface area (Å²) in [5.41, 5.74) is -0.0261. The fraction of sp³-hybridized carbons (Fsp3) is 0.500. The van der Waals surface area contributed by atoms with Crippen molar-refractivity contribution in [2.24, 2.45) is 5.41 Å². The van der Waals surface area contributed by atoms with Crippen molar-refractivity contribution < 1.29 is 10.4 Å². The highest BCUT2D eigenvalue weighted by Crippen LogP contribution is 2.70. The van der Waals surface area contributed by atoms with E-state index in [1.54, 1.807) is 0 Å². The molecule has 0 aromatic heterocycles. The second kappa shape index (κ2) is 11.5. The molecule has 0 unspecified atom stereocenters. The first-order chi connectivity index (χ1) is 15.4. The highest BCUT2D eigenvalue weighted by atomic mass is 32.3. The van der Waals surface area contributed by atoms with Gasteiger partial charge in [0, 0.05) is 48.8 Å². The molecule has 2 aromatic rings. The Labute approximate surface area is 205 Å². The van der Waals surface area contributed by atoms with Gasteiger partial charge in [0.15, 0.2) is 0 Å². The molecule has 1 amide bonds. The average molecular weight is 474 g/mol. The molecule has 2 aromatic carbocycles. The largest absolute Gasteiger partial charge is 0.337 e. The predicted octanol–water partition coefficient (Wildman–Crippen LogP) is 6.57. The first-order valence-corrected chi connectivity index (χ1v) is 13.3. The lowest BCUT2D eigenvalue weighted by Crippen LogP contribution is -2.52. The number of nitrogens with one attached hydrogen (secondary N) is 1. The monoisotopic (exact) mass is 473 g/mol. The van der Waals surface area contributed by atoms with Crippen LogP contribution >= 0.6 is 10.3 Å². The number of rotatable bonds is 4. The zero-order chi connectivity index (χ0) is 24.7. The summed E-state index contributed by atoms with van der Waals surface area (Å²) >= 11 is 0. The topological polar surface area (TPSA) is 41.6 Å². The number of carbonyl (C=O) groups is 1. The lowest BCUT2D eigenvalue weighted by atomic mass is 9.91. The number of benzene rings is 2. The minimum absolute atomic E-state index is 0. The Bertz CT molecular complexity index is 824. The molecule has 0 saturated carbocycles. The first-order valence-electron chi connectivity index (χ1n) is 11.8. The van der Waals surface area contributed by atoms with Crippen LogP contribution in [0.4, 0.5) is 0 Å². The third-order valence-corrected chi connectivity index (χ3v) is 9.70. The van der Waals surface area contributed by atoms with Crippen molar-refractivity contribution in [1.82, 2.24) is 10.2 Å². The number of hydrogen-bond donors (Lipinski definition) is 1. The predicted molar refractivity (Wildman–Crippen MR) is 144 cm³/mol. The van der Waals surface area contributed by atoms with E-state index in [-0.39, 0.29) is 17.5 Å². The van der Waals surface area contributed by atoms with Gasteiger partial charge < -0.3 is 14.4 Å². The molecule has 1 heterocycles. The van der Waals surface area contributed by atoms with E-state index in [1.807, 2.05) is 18.4 Å². The summed E-state index contributed by atoms with van der Waals surface area (Å²) in [5.74, 6) is 0.173. The number of hydrogen-bond acceptors (Lipinski definition) is 3. The van der Waals surface area contributed by atoms with E-state index in [0.717, 1.165) is 19.6 Å². The number of piperazine rings is 1. The summed E-state index contributed by atoms with van der Waals surface area (Å²) in [6.07, 6.45) is 1.81. The molecule has 1 atom stereocenters. The Morgan fingerprint density at radius 3 is 1.85 bits per heavy atom. The maximum absolute atomic E-state index is 11.9. The number of carbonyl (C=O) groups excluding carboxylic acids is 1. The lowest BCUT2D eigenvalue weighted by molar-refractivity contribution is -0.131. The third kappa shape index (κ3) is 7.08. The smallest absolute Gasteiger partial charge is 0.227 e. The van der Waals surface area contributed by atoms with Crippen LogP contribution in [0.5, 0.6) is 0 Å². The van der Waals surface area contributed by atoms with Gasteiger partial charge in [0.1, 0.15) is 0 Å². The molecule has 0 bridgehead atoms. The van der Waals surface area contributed by atoms with Crippen LogP contribution in [0.15, 0.2) is 70.5 Å². The summed E-state index contributed by atoms with van der Waals surface area (Å²) in [5, 5.41) is 3.27. The zero-order valence-electron chi connectivity index (χ0n) is 21.7. The molecule has 5 heteroatoms. The molecule has 1 saturated heterocycles. The highest BCUT2D eigenvalue weighted by molar-refractivity contribution is 8.31. The van der Waals surface area contributed by atoms with Crippen molar-refractivity contribution in [2.75, 3.05) is 26.7 Å². The molecule has 0 spiro atoms.